The minimum atomic E-state index is -0.362. The number of nitrogens with zero attached hydrogens (tertiary/aromatic N) is 3. The summed E-state index contributed by atoms with van der Waals surface area (Å²) < 4.78 is 0. The van der Waals surface area contributed by atoms with Crippen LogP contribution in [0, 0.1) is 10.1 Å². The standard InChI is InChI=1S/C16H17N3O2/c1-16(12-7-5-4-6-8-12)17(2)14-10-9-13(19(20)21)11-15(14)18(16)3/h4-11H,1-3H3/t16-/m0/s1. The fourth-order valence-electron chi connectivity index (χ4n) is 3.01. The van der Waals surface area contributed by atoms with Gasteiger partial charge in [-0.25, -0.2) is 0 Å². The number of rotatable bonds is 2. The number of hydrogen-bond acceptors (Lipinski definition) is 4. The molecule has 1 aliphatic heterocycles. The van der Waals surface area contributed by atoms with E-state index < -0.39 is 0 Å². The molecule has 2 aromatic rings. The molecule has 3 rings (SSSR count). The van der Waals surface area contributed by atoms with Gasteiger partial charge in [-0.1, -0.05) is 30.3 Å². The summed E-state index contributed by atoms with van der Waals surface area (Å²) in [6.45, 7) is 2.12. The van der Waals surface area contributed by atoms with Gasteiger partial charge in [0.05, 0.1) is 16.3 Å². The van der Waals surface area contributed by atoms with Crippen LogP contribution >= 0.6 is 0 Å². The molecule has 0 saturated heterocycles. The van der Waals surface area contributed by atoms with Crippen molar-refractivity contribution in [3.63, 3.8) is 0 Å². The van der Waals surface area contributed by atoms with Crippen LogP contribution in [-0.2, 0) is 5.66 Å². The number of fused-ring (bicyclic) bond motifs is 1. The molecule has 1 heterocycles. The molecule has 0 amide bonds. The second-order valence-electron chi connectivity index (χ2n) is 5.44. The third-order valence-electron chi connectivity index (χ3n) is 4.52. The van der Waals surface area contributed by atoms with Gasteiger partial charge in [0.2, 0.25) is 0 Å². The van der Waals surface area contributed by atoms with Crippen LogP contribution in [0.4, 0.5) is 17.1 Å². The lowest BCUT2D eigenvalue weighted by Crippen LogP contribution is -2.48. The van der Waals surface area contributed by atoms with Crippen LogP contribution in [0.1, 0.15) is 12.5 Å². The Hall–Kier alpha value is -2.56. The minimum Gasteiger partial charge on any atom is -0.347 e. The number of hydrogen-bond donors (Lipinski definition) is 0. The number of nitro groups is 1. The summed E-state index contributed by atoms with van der Waals surface area (Å²) in [5.74, 6) is 0. The number of nitro benzene ring substituents is 1. The van der Waals surface area contributed by atoms with Crippen molar-refractivity contribution < 1.29 is 4.92 Å². The van der Waals surface area contributed by atoms with Crippen molar-refractivity contribution in [2.75, 3.05) is 23.9 Å². The average molecular weight is 283 g/mol. The first-order valence-electron chi connectivity index (χ1n) is 6.78. The SMILES string of the molecule is CN1c2ccc([N+](=O)[O-])cc2N(C)[C@@]1(C)c1ccccc1. The molecule has 0 fully saturated rings. The Morgan fingerprint density at radius 2 is 1.62 bits per heavy atom. The van der Waals surface area contributed by atoms with Crippen LogP contribution in [0.25, 0.3) is 0 Å². The largest absolute Gasteiger partial charge is 0.347 e. The van der Waals surface area contributed by atoms with E-state index in [-0.39, 0.29) is 16.3 Å². The van der Waals surface area contributed by atoms with Gasteiger partial charge in [0, 0.05) is 26.2 Å². The van der Waals surface area contributed by atoms with Crippen LogP contribution in [-0.4, -0.2) is 19.0 Å². The van der Waals surface area contributed by atoms with Crippen molar-refractivity contribution in [1.82, 2.24) is 0 Å². The van der Waals surface area contributed by atoms with E-state index in [0.29, 0.717) is 0 Å². The number of non-ortho nitro benzene ring substituents is 1. The van der Waals surface area contributed by atoms with Crippen molar-refractivity contribution >= 4 is 17.1 Å². The van der Waals surface area contributed by atoms with Gasteiger partial charge in [-0.05, 0) is 18.6 Å². The van der Waals surface area contributed by atoms with E-state index in [1.807, 2.05) is 38.4 Å². The second kappa shape index (κ2) is 4.48. The number of anilines is 2. The van der Waals surface area contributed by atoms with Crippen molar-refractivity contribution in [3.8, 4) is 0 Å². The summed E-state index contributed by atoms with van der Waals surface area (Å²) in [7, 11) is 3.99. The molecule has 21 heavy (non-hydrogen) atoms. The first-order valence-corrected chi connectivity index (χ1v) is 6.78. The Labute approximate surface area is 123 Å². The molecule has 2 aromatic carbocycles. The van der Waals surface area contributed by atoms with E-state index in [4.69, 9.17) is 0 Å². The van der Waals surface area contributed by atoms with Gasteiger partial charge in [0.15, 0.2) is 0 Å². The summed E-state index contributed by atoms with van der Waals surface area (Å²) in [5.41, 5.74) is 2.77. The van der Waals surface area contributed by atoms with Gasteiger partial charge in [0.1, 0.15) is 5.66 Å². The maximum atomic E-state index is 11.0. The molecule has 0 bridgehead atoms. The lowest BCUT2D eigenvalue weighted by Gasteiger charge is -2.40. The van der Waals surface area contributed by atoms with Crippen LogP contribution in [0.15, 0.2) is 48.5 Å². The van der Waals surface area contributed by atoms with E-state index >= 15 is 0 Å². The second-order valence-corrected chi connectivity index (χ2v) is 5.44. The van der Waals surface area contributed by atoms with Gasteiger partial charge in [-0.3, -0.25) is 10.1 Å². The van der Waals surface area contributed by atoms with Gasteiger partial charge in [0.25, 0.3) is 5.69 Å². The van der Waals surface area contributed by atoms with Crippen molar-refractivity contribution in [3.05, 3.63) is 64.2 Å². The summed E-state index contributed by atoms with van der Waals surface area (Å²) in [6, 6.07) is 15.2. The predicted molar refractivity (Wildman–Crippen MR) is 83.7 cm³/mol. The van der Waals surface area contributed by atoms with E-state index in [1.54, 1.807) is 12.1 Å². The molecule has 0 aliphatic carbocycles. The summed E-state index contributed by atoms with van der Waals surface area (Å²) in [4.78, 5) is 14.9. The molecule has 0 unspecified atom stereocenters. The molecule has 5 nitrogen and oxygen atoms in total. The van der Waals surface area contributed by atoms with Crippen LogP contribution in [0.2, 0.25) is 0 Å². The fraction of sp³-hybridized carbons (Fsp3) is 0.250. The smallest absolute Gasteiger partial charge is 0.271 e. The van der Waals surface area contributed by atoms with Crippen LogP contribution in [0.3, 0.4) is 0 Å². The quantitative estimate of drug-likeness (QED) is 0.626. The third kappa shape index (κ3) is 1.77. The number of benzene rings is 2. The molecule has 1 atom stereocenters. The average Bonchev–Trinajstić information content (AvgIpc) is 2.70. The van der Waals surface area contributed by atoms with Gasteiger partial charge >= 0.3 is 0 Å². The van der Waals surface area contributed by atoms with Gasteiger partial charge in [-0.15, -0.1) is 0 Å². The maximum absolute atomic E-state index is 11.0. The molecule has 0 N–H and O–H groups in total. The molecular formula is C16H17N3O2. The highest BCUT2D eigenvalue weighted by Gasteiger charge is 2.43. The molecule has 108 valence electrons. The zero-order valence-corrected chi connectivity index (χ0v) is 12.3. The summed E-state index contributed by atoms with van der Waals surface area (Å²) in [5, 5.41) is 11.0. The van der Waals surface area contributed by atoms with Crippen LogP contribution < -0.4 is 9.80 Å². The van der Waals surface area contributed by atoms with Crippen molar-refractivity contribution in [1.29, 1.82) is 0 Å². The molecule has 0 saturated carbocycles. The maximum Gasteiger partial charge on any atom is 0.271 e. The highest BCUT2D eigenvalue weighted by atomic mass is 16.6. The topological polar surface area (TPSA) is 49.6 Å². The van der Waals surface area contributed by atoms with E-state index in [9.17, 15) is 10.1 Å². The highest BCUT2D eigenvalue weighted by Crippen LogP contribution is 2.49. The Morgan fingerprint density at radius 3 is 2.24 bits per heavy atom. The monoisotopic (exact) mass is 283 g/mol. The highest BCUT2D eigenvalue weighted by molar-refractivity contribution is 5.81. The molecular weight excluding hydrogens is 266 g/mol. The van der Waals surface area contributed by atoms with E-state index in [2.05, 4.69) is 28.9 Å². The van der Waals surface area contributed by atoms with E-state index in [0.717, 1.165) is 16.9 Å². The molecule has 0 radical (unpaired) electrons. The van der Waals surface area contributed by atoms with E-state index in [1.165, 1.54) is 0 Å². The fourth-order valence-corrected chi connectivity index (χ4v) is 3.01. The zero-order chi connectivity index (χ0) is 15.2. The van der Waals surface area contributed by atoms with Gasteiger partial charge in [-0.2, -0.15) is 0 Å². The predicted octanol–water partition coefficient (Wildman–Crippen LogP) is 3.35. The Bertz CT molecular complexity index is 702. The normalized spacial score (nSPS) is 20.5. The zero-order valence-electron chi connectivity index (χ0n) is 12.3. The molecule has 1 aliphatic rings. The Kier molecular flexibility index (Phi) is 2.86. The Morgan fingerprint density at radius 1 is 1.00 bits per heavy atom. The summed E-state index contributed by atoms with van der Waals surface area (Å²) in [6.07, 6.45) is 0. The molecule has 5 heteroatoms. The summed E-state index contributed by atoms with van der Waals surface area (Å²) >= 11 is 0. The molecule has 0 aromatic heterocycles. The first-order chi connectivity index (χ1) is 9.96. The Balaban J connectivity index is 2.14. The van der Waals surface area contributed by atoms with Crippen LogP contribution in [0.5, 0.6) is 0 Å². The molecule has 0 spiro atoms. The van der Waals surface area contributed by atoms with Gasteiger partial charge < -0.3 is 9.80 Å². The first kappa shape index (κ1) is 13.4. The van der Waals surface area contributed by atoms with Crippen molar-refractivity contribution in [2.45, 2.75) is 12.6 Å². The lowest BCUT2D eigenvalue weighted by molar-refractivity contribution is -0.384. The minimum absolute atomic E-state index is 0.117. The van der Waals surface area contributed by atoms with Crippen molar-refractivity contribution in [2.24, 2.45) is 0 Å². The third-order valence-corrected chi connectivity index (χ3v) is 4.52. The lowest BCUT2D eigenvalue weighted by atomic mass is 10.00.